The maximum Gasteiger partial charge on any atom is 0.333 e. The average molecular weight is 426 g/mol. The van der Waals surface area contributed by atoms with Crippen molar-refractivity contribution in [3.63, 3.8) is 0 Å². The molecule has 6 heteroatoms. The van der Waals surface area contributed by atoms with Gasteiger partial charge >= 0.3 is 5.97 Å². The largest absolute Gasteiger partial charge is 0.467 e. The van der Waals surface area contributed by atoms with Crippen LogP contribution < -0.4 is 5.56 Å². The smallest absolute Gasteiger partial charge is 0.333 e. The van der Waals surface area contributed by atoms with Crippen LogP contribution in [0.25, 0.3) is 32.1 Å². The molecule has 0 aliphatic carbocycles. The lowest BCUT2D eigenvalue weighted by molar-refractivity contribution is -0.143. The number of rotatable bonds is 4. The zero-order valence-electron chi connectivity index (χ0n) is 16.7. The summed E-state index contributed by atoms with van der Waals surface area (Å²) in [7, 11) is 1.32. The molecule has 2 aromatic heterocycles. The van der Waals surface area contributed by atoms with Crippen LogP contribution in [0.5, 0.6) is 0 Å². The number of carbonyl (C=O) groups excluding carboxylic acids is 1. The van der Waals surface area contributed by atoms with Crippen LogP contribution in [0.4, 0.5) is 0 Å². The van der Waals surface area contributed by atoms with Gasteiger partial charge in [0.2, 0.25) is 0 Å². The van der Waals surface area contributed by atoms with Gasteiger partial charge in [-0.15, -0.1) is 11.3 Å². The molecule has 0 bridgehead atoms. The first-order valence-corrected chi connectivity index (χ1v) is 10.7. The fourth-order valence-corrected chi connectivity index (χ4v) is 4.76. The molecule has 0 N–H and O–H groups in total. The Labute approximate surface area is 182 Å². The van der Waals surface area contributed by atoms with Crippen molar-refractivity contribution < 1.29 is 9.53 Å². The lowest BCUT2D eigenvalue weighted by Gasteiger charge is -2.17. The zero-order valence-corrected chi connectivity index (χ0v) is 17.5. The minimum atomic E-state index is -0.903. The maximum absolute atomic E-state index is 13.6. The lowest BCUT2D eigenvalue weighted by Crippen LogP contribution is -2.31. The molecule has 2 heterocycles. The molecular weight excluding hydrogens is 408 g/mol. The number of aromatic nitrogens is 2. The van der Waals surface area contributed by atoms with Gasteiger partial charge in [0.15, 0.2) is 6.04 Å². The second kappa shape index (κ2) is 7.81. The Morgan fingerprint density at radius 1 is 1.00 bits per heavy atom. The Bertz CT molecular complexity index is 1470. The van der Waals surface area contributed by atoms with E-state index < -0.39 is 12.0 Å². The number of methoxy groups -OCH3 is 1. The van der Waals surface area contributed by atoms with E-state index in [-0.39, 0.29) is 5.56 Å². The van der Waals surface area contributed by atoms with Crippen LogP contribution in [0.2, 0.25) is 0 Å². The summed E-state index contributed by atoms with van der Waals surface area (Å²) in [5, 5.41) is 4.69. The van der Waals surface area contributed by atoms with Gasteiger partial charge in [-0.3, -0.25) is 9.36 Å². The minimum absolute atomic E-state index is 0.270. The summed E-state index contributed by atoms with van der Waals surface area (Å²) in [6.07, 6.45) is 1.43. The van der Waals surface area contributed by atoms with E-state index in [0.29, 0.717) is 15.8 Å². The molecule has 1 atom stereocenters. The summed E-state index contributed by atoms with van der Waals surface area (Å²) < 4.78 is 6.37. The van der Waals surface area contributed by atoms with E-state index in [2.05, 4.69) is 17.1 Å². The monoisotopic (exact) mass is 426 g/mol. The van der Waals surface area contributed by atoms with Crippen LogP contribution in [0.3, 0.4) is 0 Å². The van der Waals surface area contributed by atoms with E-state index in [1.165, 1.54) is 29.3 Å². The quantitative estimate of drug-likeness (QED) is 0.378. The number of thiophene rings is 1. The Kier molecular flexibility index (Phi) is 4.84. The van der Waals surface area contributed by atoms with E-state index >= 15 is 0 Å². The summed E-state index contributed by atoms with van der Waals surface area (Å²) in [4.78, 5) is 31.4. The number of carbonyl (C=O) groups is 1. The Balaban J connectivity index is 1.72. The van der Waals surface area contributed by atoms with Crippen molar-refractivity contribution in [3.05, 3.63) is 100 Å². The second-order valence-corrected chi connectivity index (χ2v) is 8.04. The first kappa shape index (κ1) is 19.2. The normalized spacial score (nSPS) is 12.2. The number of esters is 1. The van der Waals surface area contributed by atoms with Crippen LogP contribution in [-0.4, -0.2) is 22.6 Å². The fraction of sp³-hybridized carbons (Fsp3) is 0.0800. The van der Waals surface area contributed by atoms with Gasteiger partial charge in [0.25, 0.3) is 5.56 Å². The summed E-state index contributed by atoms with van der Waals surface area (Å²) in [5.74, 6) is -0.517. The molecular formula is C25H18N2O3S. The molecule has 0 spiro atoms. The van der Waals surface area contributed by atoms with Crippen LogP contribution in [0.1, 0.15) is 11.6 Å². The lowest BCUT2D eigenvalue weighted by atomic mass is 10.0. The number of nitrogens with zero attached hydrogens (tertiary/aromatic N) is 2. The number of ether oxygens (including phenoxy) is 1. The van der Waals surface area contributed by atoms with Crippen molar-refractivity contribution in [3.8, 4) is 11.1 Å². The third-order valence-electron chi connectivity index (χ3n) is 5.40. The van der Waals surface area contributed by atoms with Gasteiger partial charge in [-0.1, -0.05) is 66.7 Å². The van der Waals surface area contributed by atoms with Crippen molar-refractivity contribution in [2.45, 2.75) is 6.04 Å². The van der Waals surface area contributed by atoms with Crippen molar-refractivity contribution in [2.75, 3.05) is 7.11 Å². The van der Waals surface area contributed by atoms with E-state index in [1.807, 2.05) is 53.9 Å². The highest BCUT2D eigenvalue weighted by Crippen LogP contribution is 2.33. The molecule has 31 heavy (non-hydrogen) atoms. The SMILES string of the molecule is COC(=O)C(c1ccccc1)n1cnc2scc(-c3ccc4ccccc4c3)c2c1=O. The predicted molar refractivity (Wildman–Crippen MR) is 123 cm³/mol. The molecule has 0 fully saturated rings. The molecule has 5 rings (SSSR count). The van der Waals surface area contributed by atoms with E-state index in [9.17, 15) is 9.59 Å². The van der Waals surface area contributed by atoms with Gasteiger partial charge in [0.1, 0.15) is 11.2 Å². The van der Waals surface area contributed by atoms with Gasteiger partial charge in [0.05, 0.1) is 12.5 Å². The Morgan fingerprint density at radius 3 is 2.52 bits per heavy atom. The van der Waals surface area contributed by atoms with E-state index in [4.69, 9.17) is 4.74 Å². The van der Waals surface area contributed by atoms with E-state index in [0.717, 1.165) is 21.9 Å². The van der Waals surface area contributed by atoms with Gasteiger partial charge in [0, 0.05) is 10.9 Å². The first-order valence-electron chi connectivity index (χ1n) is 9.77. The number of benzene rings is 3. The molecule has 0 radical (unpaired) electrons. The fourth-order valence-electron chi connectivity index (χ4n) is 3.86. The molecule has 0 amide bonds. The van der Waals surface area contributed by atoms with Gasteiger partial charge in [-0.2, -0.15) is 0 Å². The number of fused-ring (bicyclic) bond motifs is 2. The van der Waals surface area contributed by atoms with E-state index in [1.54, 1.807) is 12.1 Å². The van der Waals surface area contributed by atoms with Crippen LogP contribution in [0.15, 0.2) is 89.3 Å². The molecule has 3 aromatic carbocycles. The summed E-state index contributed by atoms with van der Waals surface area (Å²) in [5.41, 5.74) is 2.15. The molecule has 0 aliphatic rings. The molecule has 0 saturated heterocycles. The Hall–Kier alpha value is -3.77. The average Bonchev–Trinajstić information content (AvgIpc) is 3.26. The molecule has 1 unspecified atom stereocenters. The highest BCUT2D eigenvalue weighted by molar-refractivity contribution is 7.17. The number of hydrogen-bond donors (Lipinski definition) is 0. The zero-order chi connectivity index (χ0) is 21.4. The molecule has 0 aliphatic heterocycles. The van der Waals surface area contributed by atoms with Crippen LogP contribution in [0, 0.1) is 0 Å². The number of hydrogen-bond acceptors (Lipinski definition) is 5. The Morgan fingerprint density at radius 2 is 1.74 bits per heavy atom. The third kappa shape index (κ3) is 3.31. The minimum Gasteiger partial charge on any atom is -0.467 e. The summed E-state index contributed by atoms with van der Waals surface area (Å²) in [6.45, 7) is 0. The molecule has 5 aromatic rings. The van der Waals surface area contributed by atoms with Crippen molar-refractivity contribution in [2.24, 2.45) is 0 Å². The van der Waals surface area contributed by atoms with Crippen LogP contribution in [-0.2, 0) is 9.53 Å². The first-order chi connectivity index (χ1) is 15.2. The topological polar surface area (TPSA) is 61.2 Å². The van der Waals surface area contributed by atoms with Gasteiger partial charge in [-0.05, 0) is 28.0 Å². The van der Waals surface area contributed by atoms with Gasteiger partial charge < -0.3 is 4.74 Å². The van der Waals surface area contributed by atoms with Crippen molar-refractivity contribution in [1.82, 2.24) is 9.55 Å². The summed E-state index contributed by atoms with van der Waals surface area (Å²) in [6, 6.07) is 22.4. The summed E-state index contributed by atoms with van der Waals surface area (Å²) >= 11 is 1.42. The van der Waals surface area contributed by atoms with Crippen molar-refractivity contribution >= 4 is 38.3 Å². The standard InChI is InChI=1S/C25H18N2O3S/c1-30-25(29)22(17-8-3-2-4-9-17)27-15-26-23-21(24(27)28)20(14-31-23)19-12-11-16-7-5-6-10-18(16)13-19/h2-15,22H,1H3. The third-order valence-corrected chi connectivity index (χ3v) is 6.28. The molecule has 152 valence electrons. The highest BCUT2D eigenvalue weighted by Gasteiger charge is 2.26. The predicted octanol–water partition coefficient (Wildman–Crippen LogP) is 5.04. The van der Waals surface area contributed by atoms with Gasteiger partial charge in [-0.25, -0.2) is 9.78 Å². The molecule has 0 saturated carbocycles. The van der Waals surface area contributed by atoms with Crippen LogP contribution >= 0.6 is 11.3 Å². The second-order valence-electron chi connectivity index (χ2n) is 7.18. The van der Waals surface area contributed by atoms with Crippen molar-refractivity contribution in [1.29, 1.82) is 0 Å². The highest BCUT2D eigenvalue weighted by atomic mass is 32.1. The molecule has 5 nitrogen and oxygen atoms in total. The maximum atomic E-state index is 13.6.